The SMILES string of the molecule is Cc1ccc(NC(=O)CSC(C)C(=O)N2CCN(C(=O)c3cc(Cl)ccc3F)CC2)cc1. The maximum Gasteiger partial charge on any atom is 0.257 e. The average molecular weight is 478 g/mol. The number of nitrogens with one attached hydrogen (secondary N) is 1. The predicted octanol–water partition coefficient (Wildman–Crippen LogP) is 3.83. The molecule has 1 heterocycles. The number of hydrogen-bond donors (Lipinski definition) is 1. The van der Waals surface area contributed by atoms with Crippen molar-refractivity contribution in [3.8, 4) is 0 Å². The van der Waals surface area contributed by atoms with Gasteiger partial charge in [-0.3, -0.25) is 14.4 Å². The first kappa shape index (κ1) is 24.1. The zero-order chi connectivity index (χ0) is 23.3. The average Bonchev–Trinajstić information content (AvgIpc) is 2.79. The van der Waals surface area contributed by atoms with E-state index >= 15 is 0 Å². The molecule has 3 amide bonds. The van der Waals surface area contributed by atoms with Crippen molar-refractivity contribution in [2.75, 3.05) is 37.2 Å². The molecule has 3 rings (SSSR count). The van der Waals surface area contributed by atoms with Crippen LogP contribution < -0.4 is 5.32 Å². The molecule has 0 aliphatic carbocycles. The highest BCUT2D eigenvalue weighted by molar-refractivity contribution is 8.01. The lowest BCUT2D eigenvalue weighted by Crippen LogP contribution is -2.52. The van der Waals surface area contributed by atoms with E-state index in [1.54, 1.807) is 11.8 Å². The van der Waals surface area contributed by atoms with E-state index < -0.39 is 17.0 Å². The van der Waals surface area contributed by atoms with Crippen LogP contribution in [0.25, 0.3) is 0 Å². The molecule has 0 bridgehead atoms. The summed E-state index contributed by atoms with van der Waals surface area (Å²) in [5.74, 6) is -1.15. The Labute approximate surface area is 196 Å². The van der Waals surface area contributed by atoms with E-state index in [-0.39, 0.29) is 23.1 Å². The Kier molecular flexibility index (Phi) is 8.15. The van der Waals surface area contributed by atoms with Gasteiger partial charge in [-0.05, 0) is 44.2 Å². The second-order valence-electron chi connectivity index (χ2n) is 7.61. The maximum absolute atomic E-state index is 14.0. The Bertz CT molecular complexity index is 994. The summed E-state index contributed by atoms with van der Waals surface area (Å²) in [4.78, 5) is 40.7. The number of carbonyl (C=O) groups excluding carboxylic acids is 3. The van der Waals surface area contributed by atoms with Crippen LogP contribution >= 0.6 is 23.4 Å². The summed E-state index contributed by atoms with van der Waals surface area (Å²) in [5, 5.41) is 2.71. The Morgan fingerprint density at radius 3 is 2.34 bits per heavy atom. The van der Waals surface area contributed by atoms with Crippen molar-refractivity contribution in [2.45, 2.75) is 19.1 Å². The van der Waals surface area contributed by atoms with Crippen molar-refractivity contribution in [3.05, 3.63) is 64.4 Å². The second-order valence-corrected chi connectivity index (χ2v) is 9.37. The highest BCUT2D eigenvalue weighted by atomic mass is 35.5. The molecule has 2 aromatic rings. The van der Waals surface area contributed by atoms with Gasteiger partial charge in [-0.15, -0.1) is 11.8 Å². The number of carbonyl (C=O) groups is 3. The van der Waals surface area contributed by atoms with Crippen molar-refractivity contribution in [1.82, 2.24) is 9.80 Å². The Morgan fingerprint density at radius 2 is 1.69 bits per heavy atom. The van der Waals surface area contributed by atoms with Crippen LogP contribution in [0, 0.1) is 12.7 Å². The second kappa shape index (κ2) is 10.8. The van der Waals surface area contributed by atoms with Gasteiger partial charge in [-0.25, -0.2) is 4.39 Å². The van der Waals surface area contributed by atoms with E-state index in [1.807, 2.05) is 31.2 Å². The summed E-state index contributed by atoms with van der Waals surface area (Å²) in [6, 6.07) is 11.4. The Balaban J connectivity index is 1.46. The third-order valence-corrected chi connectivity index (χ3v) is 6.55. The molecule has 1 unspecified atom stereocenters. The van der Waals surface area contributed by atoms with E-state index in [4.69, 9.17) is 11.6 Å². The van der Waals surface area contributed by atoms with E-state index in [0.717, 1.165) is 11.3 Å². The number of amides is 3. The zero-order valence-corrected chi connectivity index (χ0v) is 19.5. The summed E-state index contributed by atoms with van der Waals surface area (Å²) in [7, 11) is 0. The molecule has 2 aromatic carbocycles. The molecule has 0 saturated carbocycles. The number of anilines is 1. The summed E-state index contributed by atoms with van der Waals surface area (Å²) in [5.41, 5.74) is 1.76. The molecule has 170 valence electrons. The van der Waals surface area contributed by atoms with Gasteiger partial charge in [0.25, 0.3) is 5.91 Å². The van der Waals surface area contributed by atoms with Crippen molar-refractivity contribution in [2.24, 2.45) is 0 Å². The molecule has 9 heteroatoms. The lowest BCUT2D eigenvalue weighted by atomic mass is 10.1. The van der Waals surface area contributed by atoms with Gasteiger partial charge in [0.05, 0.1) is 16.6 Å². The smallest absolute Gasteiger partial charge is 0.257 e. The molecule has 1 saturated heterocycles. The number of nitrogens with zero attached hydrogens (tertiary/aromatic N) is 2. The summed E-state index contributed by atoms with van der Waals surface area (Å²) in [6.45, 7) is 5.06. The van der Waals surface area contributed by atoms with Crippen LogP contribution in [0.1, 0.15) is 22.8 Å². The molecule has 1 fully saturated rings. The van der Waals surface area contributed by atoms with Gasteiger partial charge < -0.3 is 15.1 Å². The highest BCUT2D eigenvalue weighted by Crippen LogP contribution is 2.19. The molecule has 1 aliphatic heterocycles. The van der Waals surface area contributed by atoms with Crippen LogP contribution in [0.5, 0.6) is 0 Å². The van der Waals surface area contributed by atoms with Crippen molar-refractivity contribution >= 4 is 46.8 Å². The van der Waals surface area contributed by atoms with Gasteiger partial charge in [0, 0.05) is 36.9 Å². The number of hydrogen-bond acceptors (Lipinski definition) is 4. The number of benzene rings is 2. The van der Waals surface area contributed by atoms with Gasteiger partial charge in [0.2, 0.25) is 11.8 Å². The summed E-state index contributed by atoms with van der Waals surface area (Å²) < 4.78 is 14.0. The fourth-order valence-electron chi connectivity index (χ4n) is 3.32. The lowest BCUT2D eigenvalue weighted by molar-refractivity contribution is -0.131. The molecule has 6 nitrogen and oxygen atoms in total. The van der Waals surface area contributed by atoms with Crippen molar-refractivity contribution in [3.63, 3.8) is 0 Å². The molecule has 1 atom stereocenters. The molecule has 1 N–H and O–H groups in total. The van der Waals surface area contributed by atoms with Crippen LogP contribution in [0.15, 0.2) is 42.5 Å². The fraction of sp³-hybridized carbons (Fsp3) is 0.348. The first-order valence-electron chi connectivity index (χ1n) is 10.3. The number of piperazine rings is 1. The molecule has 1 aliphatic rings. The fourth-order valence-corrected chi connectivity index (χ4v) is 4.26. The minimum absolute atomic E-state index is 0.0687. The Hall–Kier alpha value is -2.58. The number of halogens is 2. The zero-order valence-electron chi connectivity index (χ0n) is 17.9. The maximum atomic E-state index is 14.0. The summed E-state index contributed by atoms with van der Waals surface area (Å²) >= 11 is 7.15. The minimum atomic E-state index is -0.619. The quantitative estimate of drug-likeness (QED) is 0.686. The standard InChI is InChI=1S/C23H25ClFN3O3S/c1-15-3-6-18(7-4-15)26-21(29)14-32-16(2)22(30)27-9-11-28(12-10-27)23(31)19-13-17(24)5-8-20(19)25/h3-8,13,16H,9-12,14H2,1-2H3,(H,26,29). The van der Waals surface area contributed by atoms with Crippen LogP contribution in [-0.4, -0.2) is 64.7 Å². The first-order valence-corrected chi connectivity index (χ1v) is 11.7. The van der Waals surface area contributed by atoms with Crippen molar-refractivity contribution in [1.29, 1.82) is 0 Å². The van der Waals surface area contributed by atoms with Gasteiger partial charge in [0.1, 0.15) is 5.82 Å². The topological polar surface area (TPSA) is 69.7 Å². The number of aryl methyl sites for hydroxylation is 1. The number of thioether (sulfide) groups is 1. The van der Waals surface area contributed by atoms with E-state index in [9.17, 15) is 18.8 Å². The largest absolute Gasteiger partial charge is 0.338 e. The minimum Gasteiger partial charge on any atom is -0.338 e. The van der Waals surface area contributed by atoms with Crippen molar-refractivity contribution < 1.29 is 18.8 Å². The Morgan fingerprint density at radius 1 is 1.06 bits per heavy atom. The molecular weight excluding hydrogens is 453 g/mol. The normalized spacial score (nSPS) is 14.8. The lowest BCUT2D eigenvalue weighted by Gasteiger charge is -2.36. The van der Waals surface area contributed by atoms with E-state index in [1.165, 1.54) is 34.9 Å². The van der Waals surface area contributed by atoms with Crippen LogP contribution in [0.4, 0.5) is 10.1 Å². The number of rotatable bonds is 6. The third-order valence-electron chi connectivity index (χ3n) is 5.18. The van der Waals surface area contributed by atoms with Gasteiger partial charge in [-0.2, -0.15) is 0 Å². The molecule has 32 heavy (non-hydrogen) atoms. The van der Waals surface area contributed by atoms with Gasteiger partial charge >= 0.3 is 0 Å². The van der Waals surface area contributed by atoms with E-state index in [2.05, 4.69) is 5.32 Å². The van der Waals surface area contributed by atoms with Gasteiger partial charge in [-0.1, -0.05) is 29.3 Å². The van der Waals surface area contributed by atoms with Crippen LogP contribution in [-0.2, 0) is 9.59 Å². The first-order chi connectivity index (χ1) is 15.2. The van der Waals surface area contributed by atoms with Crippen LogP contribution in [0.2, 0.25) is 5.02 Å². The monoisotopic (exact) mass is 477 g/mol. The van der Waals surface area contributed by atoms with E-state index in [0.29, 0.717) is 31.2 Å². The molecular formula is C23H25ClFN3O3S. The highest BCUT2D eigenvalue weighted by Gasteiger charge is 2.29. The van der Waals surface area contributed by atoms with Gasteiger partial charge in [0.15, 0.2) is 0 Å². The predicted molar refractivity (Wildman–Crippen MR) is 126 cm³/mol. The van der Waals surface area contributed by atoms with Crippen LogP contribution in [0.3, 0.4) is 0 Å². The molecule has 0 aromatic heterocycles. The summed E-state index contributed by atoms with van der Waals surface area (Å²) in [6.07, 6.45) is 0. The third kappa shape index (κ3) is 6.23. The molecule has 0 radical (unpaired) electrons. The molecule has 0 spiro atoms.